The lowest BCUT2D eigenvalue weighted by Gasteiger charge is -2.09. The van der Waals surface area contributed by atoms with Gasteiger partial charge in [0.25, 0.3) is 0 Å². The van der Waals surface area contributed by atoms with Crippen LogP contribution < -0.4 is 10.1 Å². The fourth-order valence-electron chi connectivity index (χ4n) is 1.91. The van der Waals surface area contributed by atoms with E-state index in [2.05, 4.69) is 10.3 Å². The van der Waals surface area contributed by atoms with Crippen molar-refractivity contribution in [3.8, 4) is 11.5 Å². The molecule has 1 N–H and O–H groups in total. The summed E-state index contributed by atoms with van der Waals surface area (Å²) in [4.78, 5) is 14.8. The summed E-state index contributed by atoms with van der Waals surface area (Å²) in [6, 6.07) is 6.74. The van der Waals surface area contributed by atoms with Gasteiger partial charge in [0.15, 0.2) is 0 Å². The van der Waals surface area contributed by atoms with Crippen LogP contribution in [0.2, 0.25) is 0 Å². The zero-order valence-corrected chi connectivity index (χ0v) is 12.0. The molecule has 0 saturated carbocycles. The number of pyridine rings is 1. The molecule has 0 saturated heterocycles. The molecule has 0 aliphatic heterocycles. The standard InChI is InChI=1S/C15H17N3O3/c1-3-11-5-6-15(14(7-11)18(19)20)21-13-8-12(17-4-2)9-16-10-13/h5-10,17H,3-4H2,1-2H3. The molecular formula is C15H17N3O3. The second-order valence-corrected chi connectivity index (χ2v) is 4.45. The third kappa shape index (κ3) is 3.68. The van der Waals surface area contributed by atoms with E-state index in [4.69, 9.17) is 4.74 Å². The molecule has 1 aromatic carbocycles. The van der Waals surface area contributed by atoms with E-state index in [0.29, 0.717) is 5.75 Å². The molecule has 0 spiro atoms. The Morgan fingerprint density at radius 2 is 2.10 bits per heavy atom. The highest BCUT2D eigenvalue weighted by Gasteiger charge is 2.16. The van der Waals surface area contributed by atoms with Gasteiger partial charge in [0.05, 0.1) is 23.0 Å². The maximum Gasteiger partial charge on any atom is 0.311 e. The van der Waals surface area contributed by atoms with Gasteiger partial charge in [-0.3, -0.25) is 15.1 Å². The highest BCUT2D eigenvalue weighted by Crippen LogP contribution is 2.32. The first-order valence-corrected chi connectivity index (χ1v) is 6.78. The lowest BCUT2D eigenvalue weighted by molar-refractivity contribution is -0.385. The fraction of sp³-hybridized carbons (Fsp3) is 0.267. The molecule has 0 aliphatic carbocycles. The number of rotatable bonds is 6. The lowest BCUT2D eigenvalue weighted by Crippen LogP contribution is -1.98. The van der Waals surface area contributed by atoms with Crippen LogP contribution in [0, 0.1) is 10.1 Å². The molecule has 0 fully saturated rings. The number of anilines is 1. The molecule has 6 nitrogen and oxygen atoms in total. The van der Waals surface area contributed by atoms with Crippen molar-refractivity contribution in [3.63, 3.8) is 0 Å². The number of nitrogens with zero attached hydrogens (tertiary/aromatic N) is 2. The molecule has 2 rings (SSSR count). The number of hydrogen-bond acceptors (Lipinski definition) is 5. The van der Waals surface area contributed by atoms with Crippen LogP contribution in [0.15, 0.2) is 36.7 Å². The van der Waals surface area contributed by atoms with Crippen molar-refractivity contribution in [2.45, 2.75) is 20.3 Å². The molecule has 1 heterocycles. The van der Waals surface area contributed by atoms with Gasteiger partial charge in [-0.1, -0.05) is 13.0 Å². The van der Waals surface area contributed by atoms with Crippen LogP contribution in [0.3, 0.4) is 0 Å². The van der Waals surface area contributed by atoms with E-state index >= 15 is 0 Å². The minimum absolute atomic E-state index is 0.0387. The Hall–Kier alpha value is -2.63. The first-order valence-electron chi connectivity index (χ1n) is 6.78. The molecule has 0 unspecified atom stereocenters. The largest absolute Gasteiger partial charge is 0.448 e. The molecule has 2 aromatic rings. The van der Waals surface area contributed by atoms with E-state index in [-0.39, 0.29) is 11.4 Å². The van der Waals surface area contributed by atoms with Gasteiger partial charge < -0.3 is 10.1 Å². The number of aromatic nitrogens is 1. The molecule has 0 bridgehead atoms. The molecule has 6 heteroatoms. The van der Waals surface area contributed by atoms with Gasteiger partial charge >= 0.3 is 5.69 Å². The number of ether oxygens (including phenoxy) is 1. The van der Waals surface area contributed by atoms with Crippen molar-refractivity contribution in [2.75, 3.05) is 11.9 Å². The molecule has 1 aromatic heterocycles. The smallest absolute Gasteiger partial charge is 0.311 e. The normalized spacial score (nSPS) is 10.2. The van der Waals surface area contributed by atoms with E-state index in [1.807, 2.05) is 19.9 Å². The SMILES string of the molecule is CCNc1cncc(Oc2ccc(CC)cc2[N+](=O)[O-])c1. The maximum absolute atomic E-state index is 11.1. The van der Waals surface area contributed by atoms with Gasteiger partial charge in [0.2, 0.25) is 5.75 Å². The van der Waals surface area contributed by atoms with Crippen molar-refractivity contribution in [3.05, 3.63) is 52.3 Å². The predicted octanol–water partition coefficient (Wildman–Crippen LogP) is 3.78. The zero-order valence-electron chi connectivity index (χ0n) is 12.0. The van der Waals surface area contributed by atoms with Crippen molar-refractivity contribution in [1.82, 2.24) is 4.98 Å². The number of aryl methyl sites for hydroxylation is 1. The summed E-state index contributed by atoms with van der Waals surface area (Å²) in [5, 5.41) is 14.3. The minimum Gasteiger partial charge on any atom is -0.448 e. The summed E-state index contributed by atoms with van der Waals surface area (Å²) in [5.41, 5.74) is 1.67. The fourth-order valence-corrected chi connectivity index (χ4v) is 1.91. The Morgan fingerprint density at radius 1 is 1.29 bits per heavy atom. The average Bonchev–Trinajstić information content (AvgIpc) is 2.48. The number of hydrogen-bond donors (Lipinski definition) is 1. The monoisotopic (exact) mass is 287 g/mol. The van der Waals surface area contributed by atoms with Gasteiger partial charge in [-0.2, -0.15) is 0 Å². The Kier molecular flexibility index (Phi) is 4.71. The third-order valence-corrected chi connectivity index (χ3v) is 2.95. The number of nitro benzene ring substituents is 1. The van der Waals surface area contributed by atoms with E-state index in [0.717, 1.165) is 24.2 Å². The van der Waals surface area contributed by atoms with Crippen LogP contribution in [-0.4, -0.2) is 16.5 Å². The minimum atomic E-state index is -0.434. The lowest BCUT2D eigenvalue weighted by atomic mass is 10.1. The maximum atomic E-state index is 11.1. The Bertz CT molecular complexity index is 644. The molecule has 0 amide bonds. The van der Waals surface area contributed by atoms with Gasteiger partial charge in [0.1, 0.15) is 5.75 Å². The third-order valence-electron chi connectivity index (χ3n) is 2.95. The van der Waals surface area contributed by atoms with Crippen LogP contribution in [0.5, 0.6) is 11.5 Å². The molecule has 0 aliphatic rings. The van der Waals surface area contributed by atoms with E-state index in [9.17, 15) is 10.1 Å². The van der Waals surface area contributed by atoms with Gasteiger partial charge in [-0.25, -0.2) is 0 Å². The van der Waals surface area contributed by atoms with Gasteiger partial charge in [-0.05, 0) is 25.0 Å². The first-order chi connectivity index (χ1) is 10.1. The number of nitro groups is 1. The summed E-state index contributed by atoms with van der Waals surface area (Å²) in [5.74, 6) is 0.674. The highest BCUT2D eigenvalue weighted by molar-refractivity contribution is 5.52. The van der Waals surface area contributed by atoms with E-state index in [1.54, 1.807) is 18.3 Å². The van der Waals surface area contributed by atoms with Crippen molar-refractivity contribution in [1.29, 1.82) is 0 Å². The Morgan fingerprint density at radius 3 is 2.76 bits per heavy atom. The predicted molar refractivity (Wildman–Crippen MR) is 80.9 cm³/mol. The Balaban J connectivity index is 2.30. The van der Waals surface area contributed by atoms with Crippen molar-refractivity contribution in [2.24, 2.45) is 0 Å². The quantitative estimate of drug-likeness (QED) is 0.646. The number of nitrogens with one attached hydrogen (secondary N) is 1. The summed E-state index contributed by atoms with van der Waals surface area (Å²) < 4.78 is 5.61. The van der Waals surface area contributed by atoms with Crippen LogP contribution in [0.4, 0.5) is 11.4 Å². The molecule has 110 valence electrons. The summed E-state index contributed by atoms with van der Waals surface area (Å²) in [7, 11) is 0. The second-order valence-electron chi connectivity index (χ2n) is 4.45. The molecule has 0 radical (unpaired) electrons. The summed E-state index contributed by atoms with van der Waals surface area (Å²) in [6.07, 6.45) is 3.93. The van der Waals surface area contributed by atoms with Crippen LogP contribution in [0.25, 0.3) is 0 Å². The van der Waals surface area contributed by atoms with Crippen molar-refractivity contribution < 1.29 is 9.66 Å². The molecule has 21 heavy (non-hydrogen) atoms. The van der Waals surface area contributed by atoms with Crippen LogP contribution in [0.1, 0.15) is 19.4 Å². The molecular weight excluding hydrogens is 270 g/mol. The van der Waals surface area contributed by atoms with Gasteiger partial charge in [-0.15, -0.1) is 0 Å². The number of benzene rings is 1. The average molecular weight is 287 g/mol. The van der Waals surface area contributed by atoms with Crippen LogP contribution in [-0.2, 0) is 6.42 Å². The zero-order chi connectivity index (χ0) is 15.2. The highest BCUT2D eigenvalue weighted by atomic mass is 16.6. The van der Waals surface area contributed by atoms with E-state index < -0.39 is 4.92 Å². The van der Waals surface area contributed by atoms with Gasteiger partial charge in [0, 0.05) is 18.7 Å². The summed E-state index contributed by atoms with van der Waals surface area (Å²) in [6.45, 7) is 4.68. The first kappa shape index (κ1) is 14.8. The van der Waals surface area contributed by atoms with Crippen LogP contribution >= 0.6 is 0 Å². The van der Waals surface area contributed by atoms with E-state index in [1.165, 1.54) is 12.3 Å². The summed E-state index contributed by atoms with van der Waals surface area (Å²) >= 11 is 0. The Labute approximate surface area is 122 Å². The second kappa shape index (κ2) is 6.69. The molecule has 0 atom stereocenters. The van der Waals surface area contributed by atoms with Crippen molar-refractivity contribution >= 4 is 11.4 Å². The topological polar surface area (TPSA) is 77.3 Å².